The Morgan fingerprint density at radius 2 is 1.62 bits per heavy atom. The monoisotopic (exact) mass is 487 g/mol. The lowest BCUT2D eigenvalue weighted by Crippen LogP contribution is -2.48. The van der Waals surface area contributed by atoms with Gasteiger partial charge in [0.1, 0.15) is 5.75 Å². The molecule has 0 unspecified atom stereocenters. The van der Waals surface area contributed by atoms with E-state index in [1.807, 2.05) is 18.2 Å². The minimum absolute atomic E-state index is 0.0278. The molecule has 180 valence electrons. The number of carbonyl (C=O) groups excluding carboxylic acids is 2. The predicted molar refractivity (Wildman–Crippen MR) is 121 cm³/mol. The molecule has 3 heterocycles. The van der Waals surface area contributed by atoms with Crippen molar-refractivity contribution >= 4 is 27.5 Å². The average molecular weight is 488 g/mol. The van der Waals surface area contributed by atoms with E-state index in [-0.39, 0.29) is 47.8 Å². The number of piperazine rings is 1. The summed E-state index contributed by atoms with van der Waals surface area (Å²) in [5, 5.41) is 0. The zero-order valence-electron chi connectivity index (χ0n) is 18.7. The van der Waals surface area contributed by atoms with E-state index in [9.17, 15) is 18.0 Å². The van der Waals surface area contributed by atoms with E-state index in [0.717, 1.165) is 22.0 Å². The normalized spacial score (nSPS) is 19.1. The smallest absolute Gasteiger partial charge is 0.243 e. The average Bonchev–Trinajstić information content (AvgIpc) is 3.44. The van der Waals surface area contributed by atoms with E-state index in [2.05, 4.69) is 4.90 Å². The molecule has 5 rings (SSSR count). The molecule has 2 aromatic rings. The van der Waals surface area contributed by atoms with Crippen LogP contribution in [0.3, 0.4) is 0 Å². The van der Waals surface area contributed by atoms with Crippen LogP contribution in [0, 0.1) is 0 Å². The minimum Gasteiger partial charge on any atom is -0.495 e. The van der Waals surface area contributed by atoms with Gasteiger partial charge in [0.2, 0.25) is 28.6 Å². The number of fused-ring (bicyclic) bond motifs is 1. The summed E-state index contributed by atoms with van der Waals surface area (Å²) in [7, 11) is -2.40. The molecular formula is C23H25N3O7S. The van der Waals surface area contributed by atoms with Crippen LogP contribution in [0.5, 0.6) is 17.2 Å². The molecule has 2 fully saturated rings. The molecule has 0 saturated carbocycles. The van der Waals surface area contributed by atoms with Gasteiger partial charge in [-0.1, -0.05) is 6.07 Å². The number of hydrogen-bond acceptors (Lipinski definition) is 8. The fourth-order valence-electron chi connectivity index (χ4n) is 4.42. The number of hydrogen-bond donors (Lipinski definition) is 0. The summed E-state index contributed by atoms with van der Waals surface area (Å²) in [6.45, 7) is 2.70. The maximum atomic E-state index is 13.4. The lowest BCUT2D eigenvalue weighted by molar-refractivity contribution is -0.121. The maximum absolute atomic E-state index is 13.4. The Bertz CT molecular complexity index is 1220. The van der Waals surface area contributed by atoms with Crippen molar-refractivity contribution in [2.45, 2.75) is 24.3 Å². The van der Waals surface area contributed by atoms with Crippen LogP contribution in [0.4, 0.5) is 5.69 Å². The number of anilines is 1. The highest BCUT2D eigenvalue weighted by molar-refractivity contribution is 7.89. The molecule has 34 heavy (non-hydrogen) atoms. The second-order valence-corrected chi connectivity index (χ2v) is 10.3. The zero-order chi connectivity index (χ0) is 23.9. The molecular weight excluding hydrogens is 462 g/mol. The molecule has 2 saturated heterocycles. The van der Waals surface area contributed by atoms with Crippen LogP contribution in [0.1, 0.15) is 18.4 Å². The third-order valence-corrected chi connectivity index (χ3v) is 8.15. The van der Waals surface area contributed by atoms with Gasteiger partial charge >= 0.3 is 0 Å². The van der Waals surface area contributed by atoms with Gasteiger partial charge in [0.05, 0.1) is 17.7 Å². The number of sulfonamides is 1. The highest BCUT2D eigenvalue weighted by Crippen LogP contribution is 2.35. The number of ether oxygens (including phenoxy) is 3. The number of nitrogens with zero attached hydrogens (tertiary/aromatic N) is 3. The Morgan fingerprint density at radius 1 is 0.912 bits per heavy atom. The van der Waals surface area contributed by atoms with Crippen LogP contribution < -0.4 is 19.1 Å². The first-order valence-corrected chi connectivity index (χ1v) is 12.5. The predicted octanol–water partition coefficient (Wildman–Crippen LogP) is 1.58. The molecule has 0 aliphatic carbocycles. The topological polar surface area (TPSA) is 106 Å². The van der Waals surface area contributed by atoms with E-state index in [4.69, 9.17) is 14.2 Å². The zero-order valence-corrected chi connectivity index (χ0v) is 19.5. The summed E-state index contributed by atoms with van der Waals surface area (Å²) < 4.78 is 44.2. The standard InChI is InChI=1S/C23H25N3O7S/c1-31-19-5-3-17(13-18(19)26-22(27)6-7-23(26)28)34(29,30)25-10-8-24(9-11-25)14-16-2-4-20-21(12-16)33-15-32-20/h2-5,12-13H,6-11,14-15H2,1H3. The third kappa shape index (κ3) is 4.10. The summed E-state index contributed by atoms with van der Waals surface area (Å²) in [5.41, 5.74) is 1.23. The first kappa shape index (κ1) is 22.6. The van der Waals surface area contributed by atoms with Gasteiger partial charge in [-0.15, -0.1) is 0 Å². The number of benzene rings is 2. The summed E-state index contributed by atoms with van der Waals surface area (Å²) in [4.78, 5) is 27.7. The second kappa shape index (κ2) is 8.90. The second-order valence-electron chi connectivity index (χ2n) is 8.32. The van der Waals surface area contributed by atoms with Crippen molar-refractivity contribution in [3.63, 3.8) is 0 Å². The van der Waals surface area contributed by atoms with Gasteiger partial charge in [-0.25, -0.2) is 13.3 Å². The number of carbonyl (C=O) groups is 2. The molecule has 0 atom stereocenters. The summed E-state index contributed by atoms with van der Waals surface area (Å²) in [6.07, 6.45) is 0.203. The van der Waals surface area contributed by atoms with Crippen LogP contribution in [0.2, 0.25) is 0 Å². The lowest BCUT2D eigenvalue weighted by atomic mass is 10.2. The van der Waals surface area contributed by atoms with Crippen molar-refractivity contribution in [2.75, 3.05) is 45.0 Å². The Labute approximate surface area is 197 Å². The summed E-state index contributed by atoms with van der Waals surface area (Å²) in [5.74, 6) is 1.00. The number of rotatable bonds is 6. The molecule has 0 radical (unpaired) electrons. The van der Waals surface area contributed by atoms with Crippen LogP contribution in [0.15, 0.2) is 41.3 Å². The highest BCUT2D eigenvalue weighted by atomic mass is 32.2. The molecule has 0 spiro atoms. The maximum Gasteiger partial charge on any atom is 0.243 e. The SMILES string of the molecule is COc1ccc(S(=O)(=O)N2CCN(Cc3ccc4c(c3)OCO4)CC2)cc1N1C(=O)CCC1=O. The van der Waals surface area contributed by atoms with Gasteiger partial charge in [0.25, 0.3) is 0 Å². The molecule has 0 N–H and O–H groups in total. The van der Waals surface area contributed by atoms with Gasteiger partial charge in [-0.2, -0.15) is 4.31 Å². The summed E-state index contributed by atoms with van der Waals surface area (Å²) >= 11 is 0. The van der Waals surface area contributed by atoms with Gasteiger partial charge < -0.3 is 14.2 Å². The van der Waals surface area contributed by atoms with Crippen molar-refractivity contribution in [3.8, 4) is 17.2 Å². The van der Waals surface area contributed by atoms with E-state index >= 15 is 0 Å². The minimum atomic E-state index is -3.81. The van der Waals surface area contributed by atoms with E-state index in [1.165, 1.54) is 29.6 Å². The Balaban J connectivity index is 1.30. The largest absolute Gasteiger partial charge is 0.495 e. The molecule has 10 nitrogen and oxygen atoms in total. The first-order valence-electron chi connectivity index (χ1n) is 11.0. The van der Waals surface area contributed by atoms with Crippen molar-refractivity contribution in [3.05, 3.63) is 42.0 Å². The Kier molecular flexibility index (Phi) is 5.92. The molecule has 0 aromatic heterocycles. The first-order chi connectivity index (χ1) is 16.4. The van der Waals surface area contributed by atoms with Crippen molar-refractivity contribution in [2.24, 2.45) is 0 Å². The van der Waals surface area contributed by atoms with Crippen molar-refractivity contribution in [1.82, 2.24) is 9.21 Å². The molecule has 0 bridgehead atoms. The van der Waals surface area contributed by atoms with Crippen molar-refractivity contribution in [1.29, 1.82) is 0 Å². The van der Waals surface area contributed by atoms with Gasteiger partial charge in [0.15, 0.2) is 11.5 Å². The third-order valence-electron chi connectivity index (χ3n) is 6.25. The van der Waals surface area contributed by atoms with Crippen molar-refractivity contribution < 1.29 is 32.2 Å². The fourth-order valence-corrected chi connectivity index (χ4v) is 5.87. The lowest BCUT2D eigenvalue weighted by Gasteiger charge is -2.34. The van der Waals surface area contributed by atoms with Crippen LogP contribution in [-0.4, -0.2) is 69.5 Å². The molecule has 2 amide bonds. The van der Waals surface area contributed by atoms with Crippen LogP contribution in [0.25, 0.3) is 0 Å². The van der Waals surface area contributed by atoms with E-state index in [0.29, 0.717) is 32.7 Å². The number of amides is 2. The Hall–Kier alpha value is -3.15. The van der Waals surface area contributed by atoms with Crippen LogP contribution >= 0.6 is 0 Å². The fraction of sp³-hybridized carbons (Fsp3) is 0.391. The number of methoxy groups -OCH3 is 1. The van der Waals surface area contributed by atoms with Gasteiger partial charge in [-0.3, -0.25) is 14.5 Å². The highest BCUT2D eigenvalue weighted by Gasteiger charge is 2.35. The number of imide groups is 1. The van der Waals surface area contributed by atoms with Crippen LogP contribution in [-0.2, 0) is 26.2 Å². The van der Waals surface area contributed by atoms with E-state index in [1.54, 1.807) is 0 Å². The molecule has 2 aromatic carbocycles. The van der Waals surface area contributed by atoms with E-state index < -0.39 is 10.0 Å². The quantitative estimate of drug-likeness (QED) is 0.566. The molecule has 11 heteroatoms. The van der Waals surface area contributed by atoms with Gasteiger partial charge in [0, 0.05) is 45.6 Å². The molecule has 3 aliphatic heterocycles. The summed E-state index contributed by atoms with van der Waals surface area (Å²) in [6, 6.07) is 10.1. The molecule has 3 aliphatic rings. The Morgan fingerprint density at radius 3 is 2.32 bits per heavy atom. The van der Waals surface area contributed by atoms with Gasteiger partial charge in [-0.05, 0) is 35.9 Å².